The van der Waals surface area contributed by atoms with E-state index in [1.54, 1.807) is 23.1 Å². The molecule has 0 spiro atoms. The first-order valence-corrected chi connectivity index (χ1v) is 5.96. The topological polar surface area (TPSA) is 46.3 Å². The summed E-state index contributed by atoms with van der Waals surface area (Å²) < 4.78 is 0. The second kappa shape index (κ2) is 4.80. The Kier molecular flexibility index (Phi) is 3.38. The largest absolute Gasteiger partial charge is 0.397 e. The van der Waals surface area contributed by atoms with Gasteiger partial charge in [-0.15, -0.1) is 0 Å². The van der Waals surface area contributed by atoms with Gasteiger partial charge in [0.25, 0.3) is 5.91 Å². The molecule has 1 aliphatic rings. The molecule has 3 nitrogen and oxygen atoms in total. The summed E-state index contributed by atoms with van der Waals surface area (Å²) in [6.45, 7) is 3.44. The lowest BCUT2D eigenvalue weighted by molar-refractivity contribution is 0.0767. The first kappa shape index (κ1) is 12.0. The van der Waals surface area contributed by atoms with Crippen LogP contribution in [0.4, 0.5) is 5.69 Å². The Morgan fingerprint density at radius 1 is 1.47 bits per heavy atom. The SMILES string of the molecule is CC1=CCCN(C(=O)c2cccc(Cl)c2N)C1. The third kappa shape index (κ3) is 2.44. The van der Waals surface area contributed by atoms with Crippen LogP contribution in [-0.2, 0) is 0 Å². The van der Waals surface area contributed by atoms with Crippen LogP contribution in [0.5, 0.6) is 0 Å². The number of benzene rings is 1. The molecule has 0 aliphatic carbocycles. The fraction of sp³-hybridized carbons (Fsp3) is 0.308. The average molecular weight is 251 g/mol. The number of nitrogens with zero attached hydrogens (tertiary/aromatic N) is 1. The standard InChI is InChI=1S/C13H15ClN2O/c1-9-4-3-7-16(8-9)13(17)10-5-2-6-11(14)12(10)15/h2,4-6H,3,7-8,15H2,1H3. The molecule has 17 heavy (non-hydrogen) atoms. The Balaban J connectivity index is 2.26. The van der Waals surface area contributed by atoms with Crippen LogP contribution < -0.4 is 5.73 Å². The zero-order valence-corrected chi connectivity index (χ0v) is 10.5. The van der Waals surface area contributed by atoms with Crippen molar-refractivity contribution in [1.29, 1.82) is 0 Å². The summed E-state index contributed by atoms with van der Waals surface area (Å²) in [7, 11) is 0. The minimum Gasteiger partial charge on any atom is -0.397 e. The van der Waals surface area contributed by atoms with E-state index in [9.17, 15) is 4.79 Å². The second-order valence-electron chi connectivity index (χ2n) is 4.27. The van der Waals surface area contributed by atoms with Gasteiger partial charge in [0.15, 0.2) is 0 Å². The number of amides is 1. The summed E-state index contributed by atoms with van der Waals surface area (Å²) in [6, 6.07) is 5.16. The molecule has 0 atom stereocenters. The Bertz CT molecular complexity index is 482. The van der Waals surface area contributed by atoms with E-state index in [0.717, 1.165) is 13.0 Å². The first-order chi connectivity index (χ1) is 8.09. The highest BCUT2D eigenvalue weighted by Crippen LogP contribution is 2.24. The summed E-state index contributed by atoms with van der Waals surface area (Å²) in [6.07, 6.45) is 3.06. The normalized spacial score (nSPS) is 15.6. The van der Waals surface area contributed by atoms with Gasteiger partial charge in [-0.1, -0.05) is 29.3 Å². The molecule has 0 aromatic heterocycles. The molecule has 1 aliphatic heterocycles. The third-order valence-electron chi connectivity index (χ3n) is 2.90. The van der Waals surface area contributed by atoms with Crippen molar-refractivity contribution in [2.75, 3.05) is 18.8 Å². The van der Waals surface area contributed by atoms with Crippen LogP contribution in [-0.4, -0.2) is 23.9 Å². The summed E-state index contributed by atoms with van der Waals surface area (Å²) in [5, 5.41) is 0.431. The van der Waals surface area contributed by atoms with Crippen LogP contribution >= 0.6 is 11.6 Å². The van der Waals surface area contributed by atoms with Gasteiger partial charge in [0, 0.05) is 13.1 Å². The van der Waals surface area contributed by atoms with Gasteiger partial charge in [0.1, 0.15) is 0 Å². The van der Waals surface area contributed by atoms with E-state index in [-0.39, 0.29) is 5.91 Å². The zero-order chi connectivity index (χ0) is 12.4. The summed E-state index contributed by atoms with van der Waals surface area (Å²) in [4.78, 5) is 14.1. The molecular formula is C13H15ClN2O. The van der Waals surface area contributed by atoms with Crippen molar-refractivity contribution >= 4 is 23.2 Å². The van der Waals surface area contributed by atoms with Crippen molar-refractivity contribution in [3.63, 3.8) is 0 Å². The maximum atomic E-state index is 12.3. The Hall–Kier alpha value is -1.48. The lowest BCUT2D eigenvalue weighted by atomic mass is 10.1. The van der Waals surface area contributed by atoms with Gasteiger partial charge >= 0.3 is 0 Å². The molecule has 2 N–H and O–H groups in total. The molecule has 0 unspecified atom stereocenters. The smallest absolute Gasteiger partial charge is 0.256 e. The third-order valence-corrected chi connectivity index (χ3v) is 3.23. The predicted molar refractivity (Wildman–Crippen MR) is 70.1 cm³/mol. The minimum absolute atomic E-state index is 0.0440. The van der Waals surface area contributed by atoms with E-state index in [2.05, 4.69) is 6.08 Å². The summed E-state index contributed by atoms with van der Waals surface area (Å²) >= 11 is 5.92. The van der Waals surface area contributed by atoms with Gasteiger partial charge in [-0.2, -0.15) is 0 Å². The highest BCUT2D eigenvalue weighted by molar-refractivity contribution is 6.33. The fourth-order valence-corrected chi connectivity index (χ4v) is 2.15. The molecule has 0 saturated heterocycles. The van der Waals surface area contributed by atoms with Crippen molar-refractivity contribution in [3.05, 3.63) is 40.4 Å². The number of hydrogen-bond acceptors (Lipinski definition) is 2. The van der Waals surface area contributed by atoms with E-state index in [4.69, 9.17) is 17.3 Å². The van der Waals surface area contributed by atoms with Gasteiger partial charge in [-0.05, 0) is 25.5 Å². The van der Waals surface area contributed by atoms with E-state index in [0.29, 0.717) is 22.8 Å². The van der Waals surface area contributed by atoms with Crippen LogP contribution in [0.1, 0.15) is 23.7 Å². The van der Waals surface area contributed by atoms with Crippen molar-refractivity contribution in [1.82, 2.24) is 4.90 Å². The van der Waals surface area contributed by atoms with Crippen molar-refractivity contribution in [3.8, 4) is 0 Å². The monoisotopic (exact) mass is 250 g/mol. The molecule has 0 fully saturated rings. The maximum Gasteiger partial charge on any atom is 0.256 e. The zero-order valence-electron chi connectivity index (χ0n) is 9.74. The van der Waals surface area contributed by atoms with Crippen molar-refractivity contribution in [2.45, 2.75) is 13.3 Å². The minimum atomic E-state index is -0.0440. The summed E-state index contributed by atoms with van der Waals surface area (Å²) in [5.74, 6) is -0.0440. The number of halogens is 1. The van der Waals surface area contributed by atoms with Crippen LogP contribution in [0.2, 0.25) is 5.02 Å². The molecule has 90 valence electrons. The lowest BCUT2D eigenvalue weighted by Crippen LogP contribution is -2.35. The number of para-hydroxylation sites is 1. The van der Waals surface area contributed by atoms with E-state index in [1.807, 2.05) is 6.92 Å². The van der Waals surface area contributed by atoms with E-state index in [1.165, 1.54) is 5.57 Å². The van der Waals surface area contributed by atoms with Crippen molar-refractivity contribution < 1.29 is 4.79 Å². The molecular weight excluding hydrogens is 236 g/mol. The Labute approximate surface area is 106 Å². The van der Waals surface area contributed by atoms with Gasteiger partial charge in [-0.3, -0.25) is 4.79 Å². The van der Waals surface area contributed by atoms with Gasteiger partial charge in [0.2, 0.25) is 0 Å². The Morgan fingerprint density at radius 3 is 2.94 bits per heavy atom. The molecule has 2 rings (SSSR count). The molecule has 1 aromatic rings. The van der Waals surface area contributed by atoms with E-state index >= 15 is 0 Å². The molecule has 4 heteroatoms. The van der Waals surface area contributed by atoms with E-state index < -0.39 is 0 Å². The highest BCUT2D eigenvalue weighted by Gasteiger charge is 2.20. The maximum absolute atomic E-state index is 12.3. The van der Waals surface area contributed by atoms with Crippen LogP contribution in [0.3, 0.4) is 0 Å². The highest BCUT2D eigenvalue weighted by atomic mass is 35.5. The number of carbonyl (C=O) groups excluding carboxylic acids is 1. The second-order valence-corrected chi connectivity index (χ2v) is 4.67. The Morgan fingerprint density at radius 2 is 2.24 bits per heavy atom. The van der Waals surface area contributed by atoms with Crippen LogP contribution in [0.25, 0.3) is 0 Å². The quantitative estimate of drug-likeness (QED) is 0.615. The lowest BCUT2D eigenvalue weighted by Gasteiger charge is -2.26. The average Bonchev–Trinajstić information content (AvgIpc) is 2.32. The molecule has 0 saturated carbocycles. The number of hydrogen-bond donors (Lipinski definition) is 1. The molecule has 0 bridgehead atoms. The number of rotatable bonds is 1. The van der Waals surface area contributed by atoms with Crippen molar-refractivity contribution in [2.24, 2.45) is 0 Å². The number of carbonyl (C=O) groups is 1. The molecule has 0 radical (unpaired) electrons. The van der Waals surface area contributed by atoms with Gasteiger partial charge in [-0.25, -0.2) is 0 Å². The number of anilines is 1. The molecule has 1 aromatic carbocycles. The number of nitrogens with two attached hydrogens (primary N) is 1. The molecule has 1 heterocycles. The fourth-order valence-electron chi connectivity index (χ4n) is 1.98. The summed E-state index contributed by atoms with van der Waals surface area (Å²) in [5.41, 5.74) is 7.90. The molecule has 1 amide bonds. The van der Waals surface area contributed by atoms with Crippen LogP contribution in [0.15, 0.2) is 29.8 Å². The van der Waals surface area contributed by atoms with Gasteiger partial charge in [0.05, 0.1) is 16.3 Å². The predicted octanol–water partition coefficient (Wildman–Crippen LogP) is 2.71. The first-order valence-electron chi connectivity index (χ1n) is 5.58. The van der Waals surface area contributed by atoms with Gasteiger partial charge < -0.3 is 10.6 Å². The number of nitrogen functional groups attached to an aromatic ring is 1. The van der Waals surface area contributed by atoms with Crippen LogP contribution in [0, 0.1) is 0 Å².